The second-order valence-electron chi connectivity index (χ2n) is 5.72. The summed E-state index contributed by atoms with van der Waals surface area (Å²) in [5.74, 6) is -1.30. The lowest BCUT2D eigenvalue weighted by Gasteiger charge is -2.05. The highest BCUT2D eigenvalue weighted by Crippen LogP contribution is 2.21. The molecule has 1 N–H and O–H groups in total. The van der Waals surface area contributed by atoms with Gasteiger partial charge in [-0.05, 0) is 67.1 Å². The van der Waals surface area contributed by atoms with Crippen molar-refractivity contribution in [2.24, 2.45) is 0 Å². The molecule has 0 atom stereocenters. The molecule has 0 spiro atoms. The molecule has 132 valence electrons. The topological polar surface area (TPSA) is 55.0 Å². The van der Waals surface area contributed by atoms with E-state index in [1.807, 2.05) is 6.92 Å². The summed E-state index contributed by atoms with van der Waals surface area (Å²) >= 11 is 0. The monoisotopic (exact) mass is 354 g/mol. The summed E-state index contributed by atoms with van der Waals surface area (Å²) in [6.07, 6.45) is 3.00. The van der Waals surface area contributed by atoms with E-state index in [1.54, 1.807) is 37.5 Å². The Bertz CT molecular complexity index is 993. The van der Waals surface area contributed by atoms with Gasteiger partial charge in [-0.1, -0.05) is 0 Å². The van der Waals surface area contributed by atoms with Crippen molar-refractivity contribution in [3.63, 3.8) is 0 Å². The number of aryl methyl sites for hydroxylation is 1. The Hall–Kier alpha value is -3.28. The van der Waals surface area contributed by atoms with Crippen LogP contribution in [0.2, 0.25) is 0 Å². The molecule has 6 heteroatoms. The Balaban J connectivity index is 1.76. The van der Waals surface area contributed by atoms with E-state index in [2.05, 4.69) is 10.2 Å². The summed E-state index contributed by atoms with van der Waals surface area (Å²) in [7, 11) is 1.58. The predicted molar refractivity (Wildman–Crippen MR) is 95.0 cm³/mol. The molecule has 0 aliphatic carbocycles. The van der Waals surface area contributed by atoms with Gasteiger partial charge in [0.15, 0.2) is 17.4 Å². The fraction of sp³-hybridized carbons (Fsp3) is 0.100. The van der Waals surface area contributed by atoms with Crippen LogP contribution in [-0.2, 0) is 0 Å². The third-order valence-corrected chi connectivity index (χ3v) is 3.91. The number of ether oxygens (including phenoxy) is 1. The molecule has 1 heterocycles. The first-order chi connectivity index (χ1) is 12.5. The summed E-state index contributed by atoms with van der Waals surface area (Å²) in [5.41, 5.74) is 2.88. The van der Waals surface area contributed by atoms with Crippen LogP contribution in [0.5, 0.6) is 5.75 Å². The van der Waals surface area contributed by atoms with Crippen LogP contribution in [-0.4, -0.2) is 23.1 Å². The first kappa shape index (κ1) is 17.5. The number of aromatic nitrogens is 2. The average Bonchev–Trinajstić information content (AvgIpc) is 3.11. The molecule has 3 aromatic rings. The number of carbonyl (C=O) groups excluding carboxylic acids is 1. The largest absolute Gasteiger partial charge is 0.496 e. The molecule has 2 aromatic carbocycles. The number of hydrogen-bond donors (Lipinski definition) is 1. The van der Waals surface area contributed by atoms with Gasteiger partial charge in [0, 0.05) is 11.1 Å². The lowest BCUT2D eigenvalue weighted by Crippen LogP contribution is -1.96. The molecule has 0 radical (unpaired) electrons. The fourth-order valence-corrected chi connectivity index (χ4v) is 2.52. The first-order valence-electron chi connectivity index (χ1n) is 7.86. The maximum Gasteiger partial charge on any atom is 0.185 e. The summed E-state index contributed by atoms with van der Waals surface area (Å²) < 4.78 is 31.5. The molecular formula is C20H16F2N2O2. The summed E-state index contributed by atoms with van der Waals surface area (Å²) in [6, 6.07) is 10.4. The van der Waals surface area contributed by atoms with Gasteiger partial charge in [-0.3, -0.25) is 9.89 Å². The molecule has 0 saturated heterocycles. The first-order valence-corrected chi connectivity index (χ1v) is 7.86. The normalized spacial score (nSPS) is 11.1. The summed E-state index contributed by atoms with van der Waals surface area (Å²) in [5, 5.41) is 6.80. The van der Waals surface area contributed by atoms with Crippen LogP contribution in [0.25, 0.3) is 17.3 Å². The van der Waals surface area contributed by atoms with Gasteiger partial charge in [-0.2, -0.15) is 5.10 Å². The molecule has 4 nitrogen and oxygen atoms in total. The van der Waals surface area contributed by atoms with Crippen molar-refractivity contribution in [1.29, 1.82) is 0 Å². The Morgan fingerprint density at radius 1 is 1.12 bits per heavy atom. The number of methoxy groups -OCH3 is 1. The van der Waals surface area contributed by atoms with Crippen LogP contribution in [0.3, 0.4) is 0 Å². The van der Waals surface area contributed by atoms with Crippen LogP contribution < -0.4 is 4.74 Å². The number of nitrogens with one attached hydrogen (secondary N) is 1. The number of H-pyrrole nitrogens is 1. The number of hydrogen-bond acceptors (Lipinski definition) is 3. The van der Waals surface area contributed by atoms with Crippen molar-refractivity contribution in [2.45, 2.75) is 6.92 Å². The summed E-state index contributed by atoms with van der Waals surface area (Å²) in [4.78, 5) is 12.3. The Labute approximate surface area is 149 Å². The average molecular weight is 354 g/mol. The van der Waals surface area contributed by atoms with Gasteiger partial charge in [-0.15, -0.1) is 0 Å². The molecule has 0 bridgehead atoms. The second-order valence-corrected chi connectivity index (χ2v) is 5.72. The zero-order chi connectivity index (χ0) is 18.7. The maximum absolute atomic E-state index is 13.3. The van der Waals surface area contributed by atoms with E-state index >= 15 is 0 Å². The third kappa shape index (κ3) is 3.69. The van der Waals surface area contributed by atoms with Gasteiger partial charge in [0.1, 0.15) is 5.75 Å². The van der Waals surface area contributed by atoms with Crippen LogP contribution in [0.1, 0.15) is 21.6 Å². The summed E-state index contributed by atoms with van der Waals surface area (Å²) in [6.45, 7) is 1.86. The highest BCUT2D eigenvalue weighted by atomic mass is 19.2. The number of benzene rings is 2. The Morgan fingerprint density at radius 3 is 2.62 bits per heavy atom. The predicted octanol–water partition coefficient (Wildman–Crippen LogP) is 4.57. The van der Waals surface area contributed by atoms with Gasteiger partial charge >= 0.3 is 0 Å². The minimum atomic E-state index is -0.937. The number of ketones is 1. The molecule has 26 heavy (non-hydrogen) atoms. The zero-order valence-electron chi connectivity index (χ0n) is 14.2. The van der Waals surface area contributed by atoms with Crippen molar-refractivity contribution in [3.05, 3.63) is 77.0 Å². The molecule has 0 amide bonds. The number of allylic oxidation sites excluding steroid dienone is 1. The van der Waals surface area contributed by atoms with Crippen LogP contribution in [0.4, 0.5) is 8.78 Å². The number of carbonyl (C=O) groups is 1. The number of aromatic amines is 1. The van der Waals surface area contributed by atoms with Crippen LogP contribution in [0.15, 0.2) is 48.5 Å². The van der Waals surface area contributed by atoms with Crippen molar-refractivity contribution in [3.8, 4) is 17.0 Å². The van der Waals surface area contributed by atoms with Gasteiger partial charge in [0.25, 0.3) is 0 Å². The molecule has 0 unspecified atom stereocenters. The van der Waals surface area contributed by atoms with Gasteiger partial charge in [0.05, 0.1) is 18.5 Å². The van der Waals surface area contributed by atoms with Crippen molar-refractivity contribution < 1.29 is 18.3 Å². The molecule has 0 saturated carbocycles. The van der Waals surface area contributed by atoms with E-state index in [4.69, 9.17) is 4.74 Å². The fourth-order valence-electron chi connectivity index (χ4n) is 2.52. The van der Waals surface area contributed by atoms with Gasteiger partial charge < -0.3 is 4.74 Å². The van der Waals surface area contributed by atoms with E-state index in [0.29, 0.717) is 22.5 Å². The smallest absolute Gasteiger partial charge is 0.185 e. The zero-order valence-corrected chi connectivity index (χ0v) is 14.2. The lowest BCUT2D eigenvalue weighted by molar-refractivity contribution is 0.104. The molecule has 3 rings (SSSR count). The molecule has 0 aliphatic rings. The maximum atomic E-state index is 13.3. The Morgan fingerprint density at radius 2 is 1.92 bits per heavy atom. The van der Waals surface area contributed by atoms with Gasteiger partial charge in [0.2, 0.25) is 0 Å². The van der Waals surface area contributed by atoms with Crippen molar-refractivity contribution in [1.82, 2.24) is 10.2 Å². The molecule has 1 aromatic heterocycles. The third-order valence-electron chi connectivity index (χ3n) is 3.91. The molecular weight excluding hydrogens is 338 g/mol. The standard InChI is InChI=1S/C20H16F2N2O2/c1-12-9-14(4-8-20(12)26-2)19(25)7-5-15-11-18(24-23-15)13-3-6-16(21)17(22)10-13/h3-11H,1-2H3,(H,23,24)/b7-5+. The van der Waals surface area contributed by atoms with Gasteiger partial charge in [-0.25, -0.2) is 8.78 Å². The SMILES string of the molecule is COc1ccc(C(=O)/C=C/c2cc(-c3ccc(F)c(F)c3)n[nH]2)cc1C. The van der Waals surface area contributed by atoms with Crippen molar-refractivity contribution >= 4 is 11.9 Å². The number of halogens is 2. The van der Waals surface area contributed by atoms with Crippen LogP contribution >= 0.6 is 0 Å². The van der Waals surface area contributed by atoms with E-state index in [1.165, 1.54) is 12.1 Å². The lowest BCUT2D eigenvalue weighted by atomic mass is 10.1. The quantitative estimate of drug-likeness (QED) is 0.539. The van der Waals surface area contributed by atoms with E-state index in [-0.39, 0.29) is 5.78 Å². The van der Waals surface area contributed by atoms with E-state index in [0.717, 1.165) is 23.4 Å². The van der Waals surface area contributed by atoms with Crippen molar-refractivity contribution in [2.75, 3.05) is 7.11 Å². The van der Waals surface area contributed by atoms with E-state index in [9.17, 15) is 13.6 Å². The minimum absolute atomic E-state index is 0.167. The number of nitrogens with zero attached hydrogens (tertiary/aromatic N) is 1. The Kier molecular flexibility index (Phi) is 4.93. The van der Waals surface area contributed by atoms with Crippen LogP contribution in [0, 0.1) is 18.6 Å². The minimum Gasteiger partial charge on any atom is -0.496 e. The molecule has 0 fully saturated rings. The number of rotatable bonds is 5. The highest BCUT2D eigenvalue weighted by Gasteiger charge is 2.08. The van der Waals surface area contributed by atoms with E-state index < -0.39 is 11.6 Å². The second kappa shape index (κ2) is 7.31. The highest BCUT2D eigenvalue weighted by molar-refractivity contribution is 6.06. The molecule has 0 aliphatic heterocycles.